The first-order valence-corrected chi connectivity index (χ1v) is 6.89. The van der Waals surface area contributed by atoms with E-state index in [0.717, 1.165) is 0 Å². The van der Waals surface area contributed by atoms with E-state index >= 15 is 0 Å². The summed E-state index contributed by atoms with van der Waals surface area (Å²) in [4.78, 5) is 25.3. The Balaban J connectivity index is 2.73. The zero-order chi connectivity index (χ0) is 15.5. The number of carbonyl (C=O) groups excluding carboxylic acids is 2. The molecule has 20 heavy (non-hydrogen) atoms. The highest BCUT2D eigenvalue weighted by Gasteiger charge is 2.39. The van der Waals surface area contributed by atoms with Gasteiger partial charge in [0.15, 0.2) is 0 Å². The van der Waals surface area contributed by atoms with E-state index in [1.54, 1.807) is 32.6 Å². The standard InChI is InChI=1S/C14H25NO5/c1-9(16)11-8-15(13(18)20-14(2,3)4)7-6-10(11)12(17)19-5/h9-11,16H,6-8H2,1-5H3. The third-order valence-electron chi connectivity index (χ3n) is 3.43. The Hall–Kier alpha value is -1.30. The van der Waals surface area contributed by atoms with Crippen molar-refractivity contribution >= 4 is 12.1 Å². The number of ether oxygens (including phenoxy) is 2. The van der Waals surface area contributed by atoms with Crippen LogP contribution >= 0.6 is 0 Å². The molecule has 0 bridgehead atoms. The van der Waals surface area contributed by atoms with E-state index in [-0.39, 0.29) is 17.8 Å². The van der Waals surface area contributed by atoms with Crippen molar-refractivity contribution in [3.05, 3.63) is 0 Å². The summed E-state index contributed by atoms with van der Waals surface area (Å²) < 4.78 is 10.1. The molecule has 1 heterocycles. The fourth-order valence-corrected chi connectivity index (χ4v) is 2.41. The number of hydrogen-bond donors (Lipinski definition) is 1. The molecule has 1 saturated heterocycles. The van der Waals surface area contributed by atoms with Gasteiger partial charge in [-0.25, -0.2) is 4.79 Å². The zero-order valence-electron chi connectivity index (χ0n) is 12.9. The average Bonchev–Trinajstić information content (AvgIpc) is 2.35. The van der Waals surface area contributed by atoms with Crippen LogP contribution < -0.4 is 0 Å². The molecule has 3 unspecified atom stereocenters. The van der Waals surface area contributed by atoms with Crippen molar-refractivity contribution in [3.8, 4) is 0 Å². The number of rotatable bonds is 2. The van der Waals surface area contributed by atoms with Crippen LogP contribution in [0.4, 0.5) is 4.79 Å². The topological polar surface area (TPSA) is 76.1 Å². The fourth-order valence-electron chi connectivity index (χ4n) is 2.41. The maximum Gasteiger partial charge on any atom is 0.410 e. The number of amides is 1. The molecule has 1 amide bonds. The molecule has 116 valence electrons. The number of aliphatic hydroxyl groups excluding tert-OH is 1. The minimum absolute atomic E-state index is 0.298. The molecule has 1 aliphatic heterocycles. The Bertz CT molecular complexity index is 361. The van der Waals surface area contributed by atoms with E-state index in [2.05, 4.69) is 0 Å². The number of piperidine rings is 1. The van der Waals surface area contributed by atoms with Crippen LogP contribution in [0.1, 0.15) is 34.1 Å². The summed E-state index contributed by atoms with van der Waals surface area (Å²) in [5.41, 5.74) is -0.559. The van der Waals surface area contributed by atoms with Crippen molar-refractivity contribution in [2.45, 2.75) is 45.8 Å². The molecule has 0 aromatic heterocycles. The summed E-state index contributed by atoms with van der Waals surface area (Å²) in [6, 6.07) is 0. The normalized spacial score (nSPS) is 25.0. The summed E-state index contributed by atoms with van der Waals surface area (Å²) >= 11 is 0. The lowest BCUT2D eigenvalue weighted by Crippen LogP contribution is -2.50. The zero-order valence-corrected chi connectivity index (χ0v) is 12.9. The van der Waals surface area contributed by atoms with Gasteiger partial charge in [0.2, 0.25) is 0 Å². The van der Waals surface area contributed by atoms with Crippen LogP contribution in [-0.2, 0) is 14.3 Å². The summed E-state index contributed by atoms with van der Waals surface area (Å²) in [5.74, 6) is -1.04. The van der Waals surface area contributed by atoms with Gasteiger partial charge in [0.25, 0.3) is 0 Å². The van der Waals surface area contributed by atoms with Crippen molar-refractivity contribution in [1.29, 1.82) is 0 Å². The molecule has 0 saturated carbocycles. The van der Waals surface area contributed by atoms with Gasteiger partial charge in [-0.1, -0.05) is 0 Å². The molecule has 0 aliphatic carbocycles. The largest absolute Gasteiger partial charge is 0.469 e. The van der Waals surface area contributed by atoms with Crippen LogP contribution in [0.25, 0.3) is 0 Å². The van der Waals surface area contributed by atoms with E-state index in [9.17, 15) is 14.7 Å². The first-order valence-electron chi connectivity index (χ1n) is 6.89. The number of likely N-dealkylation sites (tertiary alicyclic amines) is 1. The number of hydrogen-bond acceptors (Lipinski definition) is 5. The van der Waals surface area contributed by atoms with Crippen molar-refractivity contribution in [1.82, 2.24) is 4.90 Å². The molecule has 1 N–H and O–H groups in total. The van der Waals surface area contributed by atoms with Gasteiger partial charge < -0.3 is 19.5 Å². The molecular weight excluding hydrogens is 262 g/mol. The van der Waals surface area contributed by atoms with E-state index in [4.69, 9.17) is 9.47 Å². The summed E-state index contributed by atoms with van der Waals surface area (Å²) in [7, 11) is 1.33. The Morgan fingerprint density at radius 3 is 2.40 bits per heavy atom. The minimum Gasteiger partial charge on any atom is -0.469 e. The van der Waals surface area contributed by atoms with Crippen LogP contribution in [0.15, 0.2) is 0 Å². The fraction of sp³-hybridized carbons (Fsp3) is 0.857. The van der Waals surface area contributed by atoms with Crippen molar-refractivity contribution < 1.29 is 24.2 Å². The average molecular weight is 287 g/mol. The van der Waals surface area contributed by atoms with E-state index in [0.29, 0.717) is 19.5 Å². The quantitative estimate of drug-likeness (QED) is 0.777. The van der Waals surface area contributed by atoms with E-state index in [1.807, 2.05) is 0 Å². The Morgan fingerprint density at radius 1 is 1.35 bits per heavy atom. The first-order chi connectivity index (χ1) is 9.15. The van der Waals surface area contributed by atoms with Crippen LogP contribution in [0.3, 0.4) is 0 Å². The number of esters is 1. The molecule has 0 aromatic carbocycles. The predicted octanol–water partition coefficient (Wildman–Crippen LogP) is 1.41. The highest BCUT2D eigenvalue weighted by molar-refractivity contribution is 5.74. The lowest BCUT2D eigenvalue weighted by atomic mass is 9.82. The van der Waals surface area contributed by atoms with Crippen LogP contribution in [-0.4, -0.2) is 54.0 Å². The minimum atomic E-state index is -0.690. The highest BCUT2D eigenvalue weighted by atomic mass is 16.6. The van der Waals surface area contributed by atoms with Gasteiger partial charge in [-0.2, -0.15) is 0 Å². The number of aliphatic hydroxyl groups is 1. The maximum absolute atomic E-state index is 12.0. The lowest BCUT2D eigenvalue weighted by Gasteiger charge is -2.38. The Labute approximate surface area is 120 Å². The summed E-state index contributed by atoms with van der Waals surface area (Å²) in [5, 5.41) is 9.84. The third kappa shape index (κ3) is 4.37. The second kappa shape index (κ2) is 6.43. The summed E-state index contributed by atoms with van der Waals surface area (Å²) in [6.07, 6.45) is -0.627. The third-order valence-corrected chi connectivity index (χ3v) is 3.43. The maximum atomic E-state index is 12.0. The van der Waals surface area contributed by atoms with Gasteiger partial charge in [0.1, 0.15) is 5.60 Å². The van der Waals surface area contributed by atoms with Gasteiger partial charge in [0, 0.05) is 19.0 Å². The molecule has 3 atom stereocenters. The molecule has 6 nitrogen and oxygen atoms in total. The lowest BCUT2D eigenvalue weighted by molar-refractivity contribution is -0.151. The van der Waals surface area contributed by atoms with Gasteiger partial charge in [-0.3, -0.25) is 4.79 Å². The van der Waals surface area contributed by atoms with Crippen molar-refractivity contribution in [3.63, 3.8) is 0 Å². The van der Waals surface area contributed by atoms with E-state index in [1.165, 1.54) is 7.11 Å². The summed E-state index contributed by atoms with van der Waals surface area (Å²) in [6.45, 7) is 7.76. The van der Waals surface area contributed by atoms with Gasteiger partial charge in [0.05, 0.1) is 19.1 Å². The van der Waals surface area contributed by atoms with Crippen molar-refractivity contribution in [2.75, 3.05) is 20.2 Å². The van der Waals surface area contributed by atoms with Gasteiger partial charge in [-0.15, -0.1) is 0 Å². The molecule has 1 fully saturated rings. The van der Waals surface area contributed by atoms with Gasteiger partial charge in [-0.05, 0) is 34.1 Å². The van der Waals surface area contributed by atoms with Crippen molar-refractivity contribution in [2.24, 2.45) is 11.8 Å². The molecular formula is C14H25NO5. The Kier molecular flexibility index (Phi) is 5.39. The molecule has 1 rings (SSSR count). The first kappa shape index (κ1) is 16.8. The molecule has 1 aliphatic rings. The Morgan fingerprint density at radius 2 is 1.95 bits per heavy atom. The highest BCUT2D eigenvalue weighted by Crippen LogP contribution is 2.28. The monoisotopic (exact) mass is 287 g/mol. The van der Waals surface area contributed by atoms with Crippen LogP contribution in [0.5, 0.6) is 0 Å². The second-order valence-electron chi connectivity index (χ2n) is 6.25. The van der Waals surface area contributed by atoms with E-state index < -0.39 is 17.8 Å². The SMILES string of the molecule is COC(=O)C1CCN(C(=O)OC(C)(C)C)CC1C(C)O. The van der Waals surface area contributed by atoms with Crippen LogP contribution in [0.2, 0.25) is 0 Å². The number of nitrogens with zero attached hydrogens (tertiary/aromatic N) is 1. The van der Waals surface area contributed by atoms with Gasteiger partial charge >= 0.3 is 12.1 Å². The number of methoxy groups -OCH3 is 1. The smallest absolute Gasteiger partial charge is 0.410 e. The number of carbonyl (C=O) groups is 2. The second-order valence-corrected chi connectivity index (χ2v) is 6.25. The van der Waals surface area contributed by atoms with Crippen LogP contribution in [0, 0.1) is 11.8 Å². The molecule has 6 heteroatoms. The molecule has 0 radical (unpaired) electrons. The predicted molar refractivity (Wildman–Crippen MR) is 73.1 cm³/mol. The molecule has 0 spiro atoms. The molecule has 0 aromatic rings.